The van der Waals surface area contributed by atoms with Gasteiger partial charge in [0.2, 0.25) is 5.91 Å². The number of amides is 1. The highest BCUT2D eigenvalue weighted by Gasteiger charge is 2.24. The summed E-state index contributed by atoms with van der Waals surface area (Å²) in [5.74, 6) is 1.66. The number of rotatable bonds is 5. The first-order valence-electron chi connectivity index (χ1n) is 11.3. The van der Waals surface area contributed by atoms with Gasteiger partial charge in [-0.3, -0.25) is 18.7 Å². The molecule has 0 bridgehead atoms. The molecule has 0 unspecified atom stereocenters. The molecule has 1 N–H and O–H groups in total. The summed E-state index contributed by atoms with van der Waals surface area (Å²) in [5.41, 5.74) is -0.237. The van der Waals surface area contributed by atoms with E-state index in [9.17, 15) is 14.4 Å². The highest BCUT2D eigenvalue weighted by atomic mass is 32.2. The second-order valence-electron chi connectivity index (χ2n) is 9.49. The molecule has 186 valence electrons. The topological polar surface area (TPSA) is 117 Å². The van der Waals surface area contributed by atoms with Crippen molar-refractivity contribution in [1.29, 1.82) is 0 Å². The van der Waals surface area contributed by atoms with Crippen molar-refractivity contribution in [3.8, 4) is 11.5 Å². The Morgan fingerprint density at radius 1 is 1.11 bits per heavy atom. The van der Waals surface area contributed by atoms with Crippen molar-refractivity contribution < 1.29 is 14.3 Å². The highest BCUT2D eigenvalue weighted by molar-refractivity contribution is 8.00. The predicted molar refractivity (Wildman–Crippen MR) is 133 cm³/mol. The van der Waals surface area contributed by atoms with Crippen LogP contribution in [0.2, 0.25) is 0 Å². The third-order valence-electron chi connectivity index (χ3n) is 5.72. The molecule has 35 heavy (non-hydrogen) atoms. The Hall–Kier alpha value is -3.34. The highest BCUT2D eigenvalue weighted by Crippen LogP contribution is 2.33. The van der Waals surface area contributed by atoms with Crippen LogP contribution in [-0.2, 0) is 24.3 Å². The van der Waals surface area contributed by atoms with Gasteiger partial charge in [-0.2, -0.15) is 0 Å². The van der Waals surface area contributed by atoms with E-state index < -0.39 is 16.7 Å². The summed E-state index contributed by atoms with van der Waals surface area (Å²) in [5, 5.41) is 3.57. The average molecular weight is 500 g/mol. The van der Waals surface area contributed by atoms with Gasteiger partial charge in [-0.1, -0.05) is 38.6 Å². The van der Waals surface area contributed by atoms with Gasteiger partial charge in [0.1, 0.15) is 29.5 Å². The minimum atomic E-state index is -0.490. The number of carbonyl (C=O) groups excluding carboxylic acids is 1. The zero-order valence-corrected chi connectivity index (χ0v) is 21.5. The molecule has 4 rings (SSSR count). The molecule has 1 amide bonds. The Balaban J connectivity index is 1.59. The number of hydrogen-bond acceptors (Lipinski definition) is 8. The van der Waals surface area contributed by atoms with E-state index >= 15 is 0 Å². The predicted octanol–water partition coefficient (Wildman–Crippen LogP) is 2.07. The van der Waals surface area contributed by atoms with Crippen molar-refractivity contribution in [3.63, 3.8) is 0 Å². The SMILES string of the molecule is C[C@H](NC(=O)CSc1nc(C(C)(C)C)nc2c1c(=O)n(C)c(=O)n2C)c1ccc2c(c1)OCCO2. The lowest BCUT2D eigenvalue weighted by Crippen LogP contribution is -2.38. The van der Waals surface area contributed by atoms with Gasteiger partial charge in [0.05, 0.1) is 11.8 Å². The summed E-state index contributed by atoms with van der Waals surface area (Å²) < 4.78 is 13.5. The summed E-state index contributed by atoms with van der Waals surface area (Å²) >= 11 is 1.15. The summed E-state index contributed by atoms with van der Waals surface area (Å²) in [6.45, 7) is 8.73. The summed E-state index contributed by atoms with van der Waals surface area (Å²) in [6, 6.07) is 5.33. The van der Waals surface area contributed by atoms with Crippen molar-refractivity contribution >= 4 is 28.7 Å². The molecule has 0 saturated heterocycles. The molecule has 1 aromatic carbocycles. The lowest BCUT2D eigenvalue weighted by molar-refractivity contribution is -0.119. The second-order valence-corrected chi connectivity index (χ2v) is 10.5. The fourth-order valence-corrected chi connectivity index (χ4v) is 4.52. The monoisotopic (exact) mass is 499 g/mol. The fourth-order valence-electron chi connectivity index (χ4n) is 3.70. The van der Waals surface area contributed by atoms with Crippen LogP contribution in [0, 0.1) is 0 Å². The quantitative estimate of drug-likeness (QED) is 0.419. The molecule has 1 aliphatic rings. The maximum atomic E-state index is 12.9. The van der Waals surface area contributed by atoms with Crippen LogP contribution in [0.1, 0.15) is 45.1 Å². The van der Waals surface area contributed by atoms with Crippen molar-refractivity contribution in [2.24, 2.45) is 14.1 Å². The van der Waals surface area contributed by atoms with E-state index in [0.717, 1.165) is 21.9 Å². The van der Waals surface area contributed by atoms with Crippen LogP contribution in [0.5, 0.6) is 11.5 Å². The molecular formula is C24H29N5O5S. The van der Waals surface area contributed by atoms with Crippen LogP contribution in [0.15, 0.2) is 32.8 Å². The van der Waals surface area contributed by atoms with Gasteiger partial charge in [-0.15, -0.1) is 0 Å². The Kier molecular flexibility index (Phi) is 6.63. The first-order chi connectivity index (χ1) is 16.5. The Bertz CT molecular complexity index is 1420. The van der Waals surface area contributed by atoms with E-state index in [-0.39, 0.29) is 28.7 Å². The number of hydrogen-bond donors (Lipinski definition) is 1. The fraction of sp³-hybridized carbons (Fsp3) is 0.458. The van der Waals surface area contributed by atoms with Crippen LogP contribution < -0.4 is 26.0 Å². The minimum Gasteiger partial charge on any atom is -0.486 e. The summed E-state index contributed by atoms with van der Waals surface area (Å²) in [7, 11) is 2.98. The molecule has 3 aromatic rings. The normalized spacial score (nSPS) is 14.1. The number of benzene rings is 1. The first-order valence-corrected chi connectivity index (χ1v) is 12.3. The molecule has 11 heteroatoms. The standard InChI is InChI=1S/C24H29N5O5S/c1-13(14-7-8-15-16(11-14)34-10-9-33-15)25-17(30)12-35-20-18-19(26-22(27-20)24(2,3)4)28(5)23(32)29(6)21(18)31/h7-8,11,13H,9-10,12H2,1-6H3,(H,25,30)/t13-/m0/s1. The molecule has 2 aromatic heterocycles. The maximum Gasteiger partial charge on any atom is 0.332 e. The number of thioether (sulfide) groups is 1. The minimum absolute atomic E-state index is 0.0383. The van der Waals surface area contributed by atoms with Gasteiger partial charge in [0.15, 0.2) is 17.1 Å². The van der Waals surface area contributed by atoms with E-state index in [0.29, 0.717) is 35.6 Å². The van der Waals surface area contributed by atoms with Gasteiger partial charge >= 0.3 is 5.69 Å². The zero-order valence-electron chi connectivity index (χ0n) is 20.7. The van der Waals surface area contributed by atoms with Crippen LogP contribution >= 0.6 is 11.8 Å². The molecule has 0 aliphatic carbocycles. The van der Waals surface area contributed by atoms with Gasteiger partial charge in [0.25, 0.3) is 5.56 Å². The van der Waals surface area contributed by atoms with Crippen molar-refractivity contribution in [1.82, 2.24) is 24.4 Å². The molecule has 10 nitrogen and oxygen atoms in total. The van der Waals surface area contributed by atoms with Gasteiger partial charge in [-0.25, -0.2) is 14.8 Å². The number of nitrogens with one attached hydrogen (secondary N) is 1. The molecule has 1 aliphatic heterocycles. The van der Waals surface area contributed by atoms with Crippen molar-refractivity contribution in [2.75, 3.05) is 19.0 Å². The number of fused-ring (bicyclic) bond motifs is 2. The number of nitrogens with zero attached hydrogens (tertiary/aromatic N) is 4. The first kappa shape index (κ1) is 24.8. The van der Waals surface area contributed by atoms with Crippen molar-refractivity contribution in [2.45, 2.75) is 44.2 Å². The molecule has 0 radical (unpaired) electrons. The van der Waals surface area contributed by atoms with Crippen molar-refractivity contribution in [3.05, 3.63) is 50.4 Å². The van der Waals surface area contributed by atoms with Gasteiger partial charge in [0, 0.05) is 19.5 Å². The second kappa shape index (κ2) is 9.37. The van der Waals surface area contributed by atoms with Gasteiger partial charge in [-0.05, 0) is 24.6 Å². The maximum absolute atomic E-state index is 12.9. The van der Waals surface area contributed by atoms with E-state index in [4.69, 9.17) is 9.47 Å². The van der Waals surface area contributed by atoms with Crippen LogP contribution in [0.3, 0.4) is 0 Å². The molecular weight excluding hydrogens is 470 g/mol. The molecule has 0 saturated carbocycles. The summed E-state index contributed by atoms with van der Waals surface area (Å²) in [4.78, 5) is 47.4. The third-order valence-corrected chi connectivity index (χ3v) is 6.70. The Labute approximate surface area is 206 Å². The summed E-state index contributed by atoms with van der Waals surface area (Å²) in [6.07, 6.45) is 0. The Morgan fingerprint density at radius 3 is 2.49 bits per heavy atom. The largest absolute Gasteiger partial charge is 0.486 e. The van der Waals surface area contributed by atoms with Crippen LogP contribution in [0.4, 0.5) is 0 Å². The van der Waals surface area contributed by atoms with E-state index in [1.807, 2.05) is 45.9 Å². The van der Waals surface area contributed by atoms with Gasteiger partial charge < -0.3 is 14.8 Å². The number of ether oxygens (including phenoxy) is 2. The van der Waals surface area contributed by atoms with E-state index in [1.54, 1.807) is 7.05 Å². The van der Waals surface area contributed by atoms with Crippen LogP contribution in [-0.4, -0.2) is 44.0 Å². The number of aromatic nitrogens is 4. The smallest absolute Gasteiger partial charge is 0.332 e. The lowest BCUT2D eigenvalue weighted by Gasteiger charge is -2.21. The lowest BCUT2D eigenvalue weighted by atomic mass is 9.96. The third kappa shape index (κ3) is 4.90. The van der Waals surface area contributed by atoms with Crippen LogP contribution in [0.25, 0.3) is 11.0 Å². The molecule has 3 heterocycles. The molecule has 0 spiro atoms. The van der Waals surface area contributed by atoms with E-state index in [2.05, 4.69) is 15.3 Å². The number of carbonyl (C=O) groups is 1. The van der Waals surface area contributed by atoms with E-state index in [1.165, 1.54) is 11.6 Å². The molecule has 0 fully saturated rings. The zero-order chi connectivity index (χ0) is 25.5. The number of aryl methyl sites for hydroxylation is 1. The molecule has 1 atom stereocenters. The average Bonchev–Trinajstić information content (AvgIpc) is 2.83. The Morgan fingerprint density at radius 2 is 1.80 bits per heavy atom.